The van der Waals surface area contributed by atoms with Crippen LogP contribution in [0.2, 0.25) is 0 Å². The van der Waals surface area contributed by atoms with E-state index in [0.717, 1.165) is 32.0 Å². The minimum absolute atomic E-state index is 0.255. The highest BCUT2D eigenvalue weighted by molar-refractivity contribution is 5.80. The summed E-state index contributed by atoms with van der Waals surface area (Å²) < 4.78 is 0. The molecule has 2 aliphatic carbocycles. The van der Waals surface area contributed by atoms with Crippen molar-refractivity contribution in [3.63, 3.8) is 0 Å². The first kappa shape index (κ1) is 12.2. The Labute approximate surface area is 110 Å². The van der Waals surface area contributed by atoms with Gasteiger partial charge >= 0.3 is 0 Å². The van der Waals surface area contributed by atoms with E-state index in [1.807, 2.05) is 0 Å². The van der Waals surface area contributed by atoms with Gasteiger partial charge in [0.1, 0.15) is 0 Å². The molecule has 3 heteroatoms. The topological polar surface area (TPSA) is 23.6 Å². The lowest BCUT2D eigenvalue weighted by Gasteiger charge is -2.48. The van der Waals surface area contributed by atoms with Crippen molar-refractivity contribution in [1.29, 1.82) is 0 Å². The maximum atomic E-state index is 12.4. The maximum absolute atomic E-state index is 12.4. The summed E-state index contributed by atoms with van der Waals surface area (Å²) in [6.45, 7) is 2.02. The summed E-state index contributed by atoms with van der Waals surface area (Å²) in [7, 11) is 4.33. The molecule has 1 spiro atoms. The average molecular weight is 248 g/mol. The molecule has 1 saturated heterocycles. The summed E-state index contributed by atoms with van der Waals surface area (Å²) in [6.07, 6.45) is 10.0. The fourth-order valence-electron chi connectivity index (χ4n) is 3.84. The van der Waals surface area contributed by atoms with Crippen molar-refractivity contribution in [3.8, 4) is 0 Å². The highest BCUT2D eigenvalue weighted by atomic mass is 16.2. The predicted molar refractivity (Wildman–Crippen MR) is 72.2 cm³/mol. The van der Waals surface area contributed by atoms with Gasteiger partial charge < -0.3 is 9.80 Å². The first-order valence-electron chi connectivity index (χ1n) is 7.20. The molecular formula is C15H24N2O. The molecule has 0 radical (unpaired) electrons. The van der Waals surface area contributed by atoms with Gasteiger partial charge in [-0.2, -0.15) is 0 Å². The van der Waals surface area contributed by atoms with Crippen molar-refractivity contribution in [2.45, 2.75) is 38.1 Å². The van der Waals surface area contributed by atoms with Crippen LogP contribution >= 0.6 is 0 Å². The second-order valence-electron chi connectivity index (χ2n) is 6.68. The molecule has 0 unspecified atom stereocenters. The van der Waals surface area contributed by atoms with E-state index >= 15 is 0 Å². The summed E-state index contributed by atoms with van der Waals surface area (Å²) in [6, 6.07) is 0.744. The van der Waals surface area contributed by atoms with Crippen molar-refractivity contribution in [2.75, 3.05) is 27.2 Å². The molecule has 1 aliphatic heterocycles. The Bertz CT molecular complexity index is 361. The van der Waals surface area contributed by atoms with Crippen LogP contribution in [0.1, 0.15) is 32.1 Å². The SMILES string of the molecule is CN(C)C1CC2(CCN(C(=O)C3CC=CC3)C2)C1. The molecule has 2 fully saturated rings. The van der Waals surface area contributed by atoms with Crippen molar-refractivity contribution in [3.05, 3.63) is 12.2 Å². The summed E-state index contributed by atoms with van der Waals surface area (Å²) in [5.41, 5.74) is 0.469. The lowest BCUT2D eigenvalue weighted by molar-refractivity contribution is -0.135. The van der Waals surface area contributed by atoms with Crippen LogP contribution in [0.5, 0.6) is 0 Å². The Morgan fingerprint density at radius 2 is 1.94 bits per heavy atom. The van der Waals surface area contributed by atoms with Gasteiger partial charge in [0.15, 0.2) is 0 Å². The molecule has 3 nitrogen and oxygen atoms in total. The molecule has 0 N–H and O–H groups in total. The van der Waals surface area contributed by atoms with Crippen LogP contribution in [-0.2, 0) is 4.79 Å². The fraction of sp³-hybridized carbons (Fsp3) is 0.800. The fourth-order valence-corrected chi connectivity index (χ4v) is 3.84. The van der Waals surface area contributed by atoms with Crippen molar-refractivity contribution >= 4 is 5.91 Å². The number of hydrogen-bond donors (Lipinski definition) is 0. The lowest BCUT2D eigenvalue weighted by Crippen LogP contribution is -2.50. The molecule has 3 aliphatic rings. The van der Waals surface area contributed by atoms with E-state index in [-0.39, 0.29) is 5.92 Å². The number of allylic oxidation sites excluding steroid dienone is 2. The molecule has 0 aromatic heterocycles. The first-order chi connectivity index (χ1) is 8.60. The molecule has 1 saturated carbocycles. The Balaban J connectivity index is 1.55. The van der Waals surface area contributed by atoms with Gasteiger partial charge in [-0.05, 0) is 51.6 Å². The Morgan fingerprint density at radius 3 is 2.56 bits per heavy atom. The van der Waals surface area contributed by atoms with Crippen LogP contribution < -0.4 is 0 Å². The van der Waals surface area contributed by atoms with Crippen LogP contribution in [-0.4, -0.2) is 48.9 Å². The third kappa shape index (κ3) is 1.99. The first-order valence-corrected chi connectivity index (χ1v) is 7.20. The van der Waals surface area contributed by atoms with Crippen LogP contribution in [0.15, 0.2) is 12.2 Å². The minimum atomic E-state index is 0.255. The highest BCUT2D eigenvalue weighted by Gasteiger charge is 2.50. The summed E-state index contributed by atoms with van der Waals surface area (Å²) in [5.74, 6) is 0.662. The van der Waals surface area contributed by atoms with Crippen molar-refractivity contribution < 1.29 is 4.79 Å². The smallest absolute Gasteiger partial charge is 0.226 e. The van der Waals surface area contributed by atoms with Crippen molar-refractivity contribution in [1.82, 2.24) is 9.80 Å². The minimum Gasteiger partial charge on any atom is -0.342 e. The monoisotopic (exact) mass is 248 g/mol. The number of amides is 1. The number of carbonyl (C=O) groups excluding carboxylic acids is 1. The predicted octanol–water partition coefficient (Wildman–Crippen LogP) is 1.90. The largest absolute Gasteiger partial charge is 0.342 e. The van der Waals surface area contributed by atoms with E-state index in [9.17, 15) is 4.79 Å². The molecule has 3 rings (SSSR count). The normalized spacial score (nSPS) is 35.7. The molecule has 0 aromatic rings. The quantitative estimate of drug-likeness (QED) is 0.697. The van der Waals surface area contributed by atoms with E-state index in [1.165, 1.54) is 19.3 Å². The number of carbonyl (C=O) groups is 1. The number of likely N-dealkylation sites (tertiary alicyclic amines) is 1. The average Bonchev–Trinajstić information content (AvgIpc) is 2.95. The Morgan fingerprint density at radius 1 is 1.28 bits per heavy atom. The second kappa shape index (κ2) is 4.37. The second-order valence-corrected chi connectivity index (χ2v) is 6.68. The van der Waals surface area contributed by atoms with Gasteiger partial charge in [-0.15, -0.1) is 0 Å². The van der Waals surface area contributed by atoms with E-state index in [4.69, 9.17) is 0 Å². The Kier molecular flexibility index (Phi) is 2.97. The van der Waals surface area contributed by atoms with Crippen LogP contribution in [0.25, 0.3) is 0 Å². The van der Waals surface area contributed by atoms with E-state index in [0.29, 0.717) is 11.3 Å². The van der Waals surface area contributed by atoms with E-state index in [1.54, 1.807) is 0 Å². The highest BCUT2D eigenvalue weighted by Crippen LogP contribution is 2.49. The molecule has 100 valence electrons. The number of nitrogens with zero attached hydrogens (tertiary/aromatic N) is 2. The number of hydrogen-bond acceptors (Lipinski definition) is 2. The van der Waals surface area contributed by atoms with Crippen LogP contribution in [0.4, 0.5) is 0 Å². The summed E-state index contributed by atoms with van der Waals surface area (Å²) in [4.78, 5) is 16.8. The summed E-state index contributed by atoms with van der Waals surface area (Å²) in [5, 5.41) is 0. The number of rotatable bonds is 2. The molecule has 0 atom stereocenters. The zero-order chi connectivity index (χ0) is 12.8. The van der Waals surface area contributed by atoms with Gasteiger partial charge in [0.25, 0.3) is 0 Å². The molecule has 0 bridgehead atoms. The van der Waals surface area contributed by atoms with Crippen LogP contribution in [0.3, 0.4) is 0 Å². The van der Waals surface area contributed by atoms with Gasteiger partial charge in [-0.3, -0.25) is 4.79 Å². The molecule has 0 aromatic carbocycles. The zero-order valence-corrected chi connectivity index (χ0v) is 11.6. The van der Waals surface area contributed by atoms with E-state index < -0.39 is 0 Å². The lowest BCUT2D eigenvalue weighted by atomic mass is 9.64. The third-order valence-electron chi connectivity index (χ3n) is 5.17. The van der Waals surface area contributed by atoms with Crippen LogP contribution in [0, 0.1) is 11.3 Å². The molecule has 1 heterocycles. The van der Waals surface area contributed by atoms with E-state index in [2.05, 4.69) is 36.0 Å². The van der Waals surface area contributed by atoms with Gasteiger partial charge in [0.05, 0.1) is 0 Å². The molecular weight excluding hydrogens is 224 g/mol. The third-order valence-corrected chi connectivity index (χ3v) is 5.17. The standard InChI is InChI=1S/C15H24N2O/c1-16(2)13-9-15(10-13)7-8-17(11-15)14(18)12-5-3-4-6-12/h3-4,12-13H,5-11H2,1-2H3. The zero-order valence-electron chi connectivity index (χ0n) is 11.6. The van der Waals surface area contributed by atoms with Gasteiger partial charge in [-0.1, -0.05) is 12.2 Å². The summed E-state index contributed by atoms with van der Waals surface area (Å²) >= 11 is 0. The van der Waals surface area contributed by atoms with Gasteiger partial charge in [-0.25, -0.2) is 0 Å². The van der Waals surface area contributed by atoms with Gasteiger partial charge in [0, 0.05) is 25.0 Å². The van der Waals surface area contributed by atoms with Gasteiger partial charge in [0.2, 0.25) is 5.91 Å². The molecule has 1 amide bonds. The Hall–Kier alpha value is -0.830. The molecule has 18 heavy (non-hydrogen) atoms. The van der Waals surface area contributed by atoms with Crippen molar-refractivity contribution in [2.24, 2.45) is 11.3 Å². The maximum Gasteiger partial charge on any atom is 0.226 e.